The smallest absolute Gasteiger partial charge is 0.354 e. The van der Waals surface area contributed by atoms with E-state index in [0.29, 0.717) is 11.0 Å². The molecule has 0 fully saturated rings. The fourth-order valence-corrected chi connectivity index (χ4v) is 2.34. The van der Waals surface area contributed by atoms with Gasteiger partial charge in [-0.15, -0.1) is 0 Å². The number of pyridine rings is 2. The van der Waals surface area contributed by atoms with Crippen molar-refractivity contribution in [3.63, 3.8) is 0 Å². The van der Waals surface area contributed by atoms with Crippen molar-refractivity contribution in [2.75, 3.05) is 0 Å². The number of hydrogen-bond donors (Lipinski definition) is 3. The maximum Gasteiger partial charge on any atom is 0.354 e. The molecule has 2 aromatic heterocycles. The summed E-state index contributed by atoms with van der Waals surface area (Å²) in [5.41, 5.74) is 0.904. The molecule has 6 nitrogen and oxygen atoms in total. The zero-order valence-electron chi connectivity index (χ0n) is 13.6. The van der Waals surface area contributed by atoms with E-state index >= 15 is 0 Å². The van der Waals surface area contributed by atoms with Crippen molar-refractivity contribution in [3.8, 4) is 11.5 Å². The van der Waals surface area contributed by atoms with E-state index in [1.807, 2.05) is 18.2 Å². The second-order valence-corrected chi connectivity index (χ2v) is 5.20. The first-order valence-corrected chi connectivity index (χ1v) is 7.41. The Balaban J connectivity index is 0.000000257. The average molecular weight is 461 g/mol. The first kappa shape index (κ1) is 22.4. The molecule has 146 valence electrons. The number of phenolic OH excluding ortho intramolecular Hbond substituents is 2. The Labute approximate surface area is 175 Å². The molecular formula is C19H14Cu2N2O4. The summed E-state index contributed by atoms with van der Waals surface area (Å²) in [6.07, 6.45) is 1.67. The molecule has 2 radical (unpaired) electrons. The summed E-state index contributed by atoms with van der Waals surface area (Å²) in [5.74, 6) is -0.871. The van der Waals surface area contributed by atoms with Gasteiger partial charge in [-0.2, -0.15) is 0 Å². The Morgan fingerprint density at radius 1 is 0.741 bits per heavy atom. The van der Waals surface area contributed by atoms with Crippen molar-refractivity contribution in [2.24, 2.45) is 0 Å². The molecule has 3 N–H and O–H groups in total. The van der Waals surface area contributed by atoms with Gasteiger partial charge in [-0.05, 0) is 24.3 Å². The number of para-hydroxylation sites is 2. The summed E-state index contributed by atoms with van der Waals surface area (Å²) in [7, 11) is 0. The minimum absolute atomic E-state index is 0. The molecule has 0 saturated heterocycles. The van der Waals surface area contributed by atoms with Crippen LogP contribution in [0.5, 0.6) is 11.5 Å². The van der Waals surface area contributed by atoms with Crippen LogP contribution in [-0.2, 0) is 34.1 Å². The van der Waals surface area contributed by atoms with E-state index in [4.69, 9.17) is 5.11 Å². The Bertz CT molecular complexity index is 1070. The molecule has 27 heavy (non-hydrogen) atoms. The van der Waals surface area contributed by atoms with E-state index in [0.717, 1.165) is 10.8 Å². The van der Waals surface area contributed by atoms with Gasteiger partial charge in [0.25, 0.3) is 0 Å². The summed E-state index contributed by atoms with van der Waals surface area (Å²) in [6, 6.07) is 17.1. The molecule has 0 bridgehead atoms. The quantitative estimate of drug-likeness (QED) is 0.375. The molecule has 0 spiro atoms. The molecule has 0 aliphatic rings. The monoisotopic (exact) mass is 460 g/mol. The van der Waals surface area contributed by atoms with Crippen LogP contribution in [0.3, 0.4) is 0 Å². The number of carbonyl (C=O) groups is 1. The van der Waals surface area contributed by atoms with Crippen LogP contribution in [0.25, 0.3) is 21.8 Å². The number of aromatic carboxylic acids is 1. The molecule has 4 aromatic rings. The molecular weight excluding hydrogens is 447 g/mol. The first-order valence-electron chi connectivity index (χ1n) is 7.41. The summed E-state index contributed by atoms with van der Waals surface area (Å²) < 4.78 is 0. The van der Waals surface area contributed by atoms with E-state index in [-0.39, 0.29) is 51.3 Å². The van der Waals surface area contributed by atoms with Crippen LogP contribution in [0, 0.1) is 0 Å². The third kappa shape index (κ3) is 5.18. The minimum atomic E-state index is -1.10. The number of fused-ring (bicyclic) bond motifs is 2. The van der Waals surface area contributed by atoms with Crippen LogP contribution >= 0.6 is 0 Å². The number of nitrogens with zero attached hydrogens (tertiary/aromatic N) is 2. The van der Waals surface area contributed by atoms with Crippen LogP contribution in [0.15, 0.2) is 66.9 Å². The number of aromatic hydroxyl groups is 2. The standard InChI is InChI=1S/C10H7NO3.C9H7NO.2Cu/c12-8-3-1-2-6-4-5-7(10(13)14)11-9(6)8;11-8-5-1-3-7-4-2-6-10-9(7)8;;/h1-5,12H,(H,13,14);1-6,11H;;. The van der Waals surface area contributed by atoms with E-state index in [1.165, 1.54) is 12.1 Å². The molecule has 4 rings (SSSR count). The van der Waals surface area contributed by atoms with E-state index in [1.54, 1.807) is 36.5 Å². The van der Waals surface area contributed by atoms with Crippen molar-refractivity contribution in [3.05, 3.63) is 72.6 Å². The predicted molar refractivity (Wildman–Crippen MR) is 93.8 cm³/mol. The predicted octanol–water partition coefficient (Wildman–Crippen LogP) is 3.57. The maximum atomic E-state index is 10.6. The van der Waals surface area contributed by atoms with E-state index < -0.39 is 5.97 Å². The molecule has 8 heteroatoms. The van der Waals surface area contributed by atoms with Crippen molar-refractivity contribution in [1.82, 2.24) is 9.97 Å². The maximum absolute atomic E-state index is 10.6. The van der Waals surface area contributed by atoms with E-state index in [2.05, 4.69) is 9.97 Å². The Kier molecular flexibility index (Phi) is 8.22. The minimum Gasteiger partial charge on any atom is -0.506 e. The molecule has 0 aliphatic carbocycles. The van der Waals surface area contributed by atoms with Gasteiger partial charge in [-0.1, -0.05) is 36.4 Å². The van der Waals surface area contributed by atoms with Crippen LogP contribution in [0.4, 0.5) is 0 Å². The topological polar surface area (TPSA) is 104 Å². The normalized spacial score (nSPS) is 9.48. The van der Waals surface area contributed by atoms with Gasteiger partial charge in [0.2, 0.25) is 0 Å². The molecule has 2 heterocycles. The second kappa shape index (κ2) is 9.90. The van der Waals surface area contributed by atoms with Gasteiger partial charge < -0.3 is 15.3 Å². The Morgan fingerprint density at radius 3 is 1.89 bits per heavy atom. The van der Waals surface area contributed by atoms with Gasteiger partial charge >= 0.3 is 5.97 Å². The van der Waals surface area contributed by atoms with E-state index in [9.17, 15) is 15.0 Å². The fraction of sp³-hybridized carbons (Fsp3) is 0. The van der Waals surface area contributed by atoms with Gasteiger partial charge in [0.15, 0.2) is 0 Å². The number of aromatic nitrogens is 2. The SMILES string of the molecule is O=C(O)c1ccc2cccc(O)c2n1.Oc1cccc2cccnc12.[Cu].[Cu]. The van der Waals surface area contributed by atoms with Gasteiger partial charge in [0.05, 0.1) is 0 Å². The molecule has 0 saturated carbocycles. The molecule has 0 amide bonds. The summed E-state index contributed by atoms with van der Waals surface area (Å²) in [4.78, 5) is 18.5. The van der Waals surface area contributed by atoms with Crippen molar-refractivity contribution >= 4 is 27.8 Å². The zero-order chi connectivity index (χ0) is 17.8. The first-order chi connectivity index (χ1) is 12.1. The Hall–Kier alpha value is -2.63. The van der Waals surface area contributed by atoms with Crippen molar-refractivity contribution in [1.29, 1.82) is 0 Å². The average Bonchev–Trinajstić information content (AvgIpc) is 2.63. The number of phenols is 2. The summed E-state index contributed by atoms with van der Waals surface area (Å²) >= 11 is 0. The van der Waals surface area contributed by atoms with Crippen LogP contribution in [-0.4, -0.2) is 31.3 Å². The molecule has 0 unspecified atom stereocenters. The molecule has 0 atom stereocenters. The second-order valence-electron chi connectivity index (χ2n) is 5.20. The van der Waals surface area contributed by atoms with Crippen LogP contribution in [0.2, 0.25) is 0 Å². The van der Waals surface area contributed by atoms with Gasteiger partial charge in [-0.3, -0.25) is 4.98 Å². The number of carboxylic acids is 1. The van der Waals surface area contributed by atoms with Crippen LogP contribution in [0.1, 0.15) is 10.5 Å². The summed E-state index contributed by atoms with van der Waals surface area (Å²) in [5, 5.41) is 29.1. The van der Waals surface area contributed by atoms with Gasteiger partial charge in [0, 0.05) is 51.1 Å². The van der Waals surface area contributed by atoms with Gasteiger partial charge in [-0.25, -0.2) is 9.78 Å². The van der Waals surface area contributed by atoms with Gasteiger partial charge in [0.1, 0.15) is 28.2 Å². The number of carboxylic acid groups (broad SMARTS) is 1. The zero-order valence-corrected chi connectivity index (χ0v) is 15.5. The largest absolute Gasteiger partial charge is 0.506 e. The third-order valence-electron chi connectivity index (χ3n) is 3.53. The number of hydrogen-bond acceptors (Lipinski definition) is 5. The number of benzene rings is 2. The molecule has 0 aliphatic heterocycles. The third-order valence-corrected chi connectivity index (χ3v) is 3.53. The summed E-state index contributed by atoms with van der Waals surface area (Å²) in [6.45, 7) is 0. The Morgan fingerprint density at radius 2 is 1.30 bits per heavy atom. The number of rotatable bonds is 1. The van der Waals surface area contributed by atoms with Crippen molar-refractivity contribution in [2.45, 2.75) is 0 Å². The van der Waals surface area contributed by atoms with Crippen molar-refractivity contribution < 1.29 is 54.3 Å². The fourth-order valence-electron chi connectivity index (χ4n) is 2.34. The molecule has 2 aromatic carbocycles. The van der Waals surface area contributed by atoms with Crippen LogP contribution < -0.4 is 0 Å².